The Labute approximate surface area is 119 Å². The number of nitrogen functional groups attached to an aromatic ring is 1. The molecular formula is C13H12ClNO3S. The Morgan fingerprint density at radius 2 is 2.05 bits per heavy atom. The number of ketones is 1. The standard InChI is InChI=1S/C13H12ClNO3S/c1-17-7-5-8(11(15)10(6-7)18-2)12(16)13-9(14)3-4-19-13/h3-6H,15H2,1-2H3. The maximum Gasteiger partial charge on any atom is 0.206 e. The lowest BCUT2D eigenvalue weighted by atomic mass is 10.1. The molecule has 0 saturated heterocycles. The second kappa shape index (κ2) is 5.50. The number of rotatable bonds is 4. The molecule has 4 nitrogen and oxygen atoms in total. The first-order valence-corrected chi connectivity index (χ1v) is 6.63. The van der Waals surface area contributed by atoms with Crippen molar-refractivity contribution in [1.82, 2.24) is 0 Å². The summed E-state index contributed by atoms with van der Waals surface area (Å²) in [4.78, 5) is 12.9. The van der Waals surface area contributed by atoms with Crippen molar-refractivity contribution in [3.05, 3.63) is 39.0 Å². The van der Waals surface area contributed by atoms with Crippen molar-refractivity contribution in [1.29, 1.82) is 0 Å². The van der Waals surface area contributed by atoms with E-state index >= 15 is 0 Å². The normalized spacial score (nSPS) is 10.3. The van der Waals surface area contributed by atoms with E-state index in [9.17, 15) is 4.79 Å². The zero-order chi connectivity index (χ0) is 14.0. The molecule has 0 spiro atoms. The van der Waals surface area contributed by atoms with E-state index in [4.69, 9.17) is 26.8 Å². The molecule has 0 aliphatic carbocycles. The predicted octanol–water partition coefficient (Wildman–Crippen LogP) is 3.23. The maximum atomic E-state index is 12.4. The number of carbonyl (C=O) groups is 1. The van der Waals surface area contributed by atoms with Crippen molar-refractivity contribution in [2.24, 2.45) is 0 Å². The summed E-state index contributed by atoms with van der Waals surface area (Å²) >= 11 is 7.24. The molecule has 19 heavy (non-hydrogen) atoms. The summed E-state index contributed by atoms with van der Waals surface area (Å²) in [5.74, 6) is 0.659. The molecule has 0 amide bonds. The van der Waals surface area contributed by atoms with E-state index in [1.807, 2.05) is 0 Å². The highest BCUT2D eigenvalue weighted by Crippen LogP contribution is 2.34. The first-order chi connectivity index (χ1) is 9.08. The lowest BCUT2D eigenvalue weighted by Gasteiger charge is -2.11. The highest BCUT2D eigenvalue weighted by molar-refractivity contribution is 7.13. The van der Waals surface area contributed by atoms with Crippen LogP contribution >= 0.6 is 22.9 Å². The van der Waals surface area contributed by atoms with Crippen molar-refractivity contribution in [2.45, 2.75) is 0 Å². The van der Waals surface area contributed by atoms with Crippen molar-refractivity contribution >= 4 is 34.4 Å². The Hall–Kier alpha value is -1.72. The van der Waals surface area contributed by atoms with Crippen LogP contribution in [0.2, 0.25) is 5.02 Å². The summed E-state index contributed by atoms with van der Waals surface area (Å²) in [5.41, 5.74) is 6.53. The number of nitrogens with two attached hydrogens (primary N) is 1. The Kier molecular flexibility index (Phi) is 3.97. The zero-order valence-corrected chi connectivity index (χ0v) is 12.0. The van der Waals surface area contributed by atoms with Crippen molar-refractivity contribution in [3.63, 3.8) is 0 Å². The first-order valence-electron chi connectivity index (χ1n) is 5.37. The van der Waals surface area contributed by atoms with Gasteiger partial charge in [0.25, 0.3) is 0 Å². The Morgan fingerprint density at radius 1 is 1.32 bits per heavy atom. The van der Waals surface area contributed by atoms with Gasteiger partial charge < -0.3 is 15.2 Å². The molecule has 2 N–H and O–H groups in total. The fourth-order valence-electron chi connectivity index (χ4n) is 1.65. The van der Waals surface area contributed by atoms with Gasteiger partial charge in [0.1, 0.15) is 11.5 Å². The predicted molar refractivity (Wildman–Crippen MR) is 76.7 cm³/mol. The van der Waals surface area contributed by atoms with Gasteiger partial charge in [-0.1, -0.05) is 11.6 Å². The number of carbonyl (C=O) groups excluding carboxylic acids is 1. The molecule has 0 atom stereocenters. The van der Waals surface area contributed by atoms with E-state index in [1.165, 1.54) is 25.6 Å². The molecule has 0 aliphatic heterocycles. The molecular weight excluding hydrogens is 286 g/mol. The maximum absolute atomic E-state index is 12.4. The van der Waals surface area contributed by atoms with Crippen LogP contribution in [0.3, 0.4) is 0 Å². The smallest absolute Gasteiger partial charge is 0.206 e. The minimum absolute atomic E-state index is 0.241. The van der Waals surface area contributed by atoms with Crippen molar-refractivity contribution < 1.29 is 14.3 Å². The molecule has 100 valence electrons. The molecule has 1 heterocycles. The minimum Gasteiger partial charge on any atom is -0.497 e. The summed E-state index contributed by atoms with van der Waals surface area (Å²) in [5, 5.41) is 2.17. The SMILES string of the molecule is COc1cc(OC)c(N)c(C(=O)c2sccc2Cl)c1. The highest BCUT2D eigenvalue weighted by atomic mass is 35.5. The molecule has 1 aromatic carbocycles. The molecule has 2 rings (SSSR count). The molecule has 6 heteroatoms. The summed E-state index contributed by atoms with van der Waals surface area (Å²) in [6.07, 6.45) is 0. The van der Waals surface area contributed by atoms with Gasteiger partial charge in [0.05, 0.1) is 35.4 Å². The van der Waals surface area contributed by atoms with Crippen LogP contribution in [0.5, 0.6) is 11.5 Å². The molecule has 0 saturated carbocycles. The molecule has 0 fully saturated rings. The lowest BCUT2D eigenvalue weighted by molar-refractivity contribution is 0.104. The number of hydrogen-bond acceptors (Lipinski definition) is 5. The van der Waals surface area contributed by atoms with Gasteiger partial charge >= 0.3 is 0 Å². The molecule has 0 aliphatic rings. The quantitative estimate of drug-likeness (QED) is 0.695. The number of thiophene rings is 1. The van der Waals surface area contributed by atoms with Crippen LogP contribution in [-0.4, -0.2) is 20.0 Å². The van der Waals surface area contributed by atoms with Crippen LogP contribution in [0.15, 0.2) is 23.6 Å². The second-order valence-corrected chi connectivity index (χ2v) is 5.04. The fraction of sp³-hybridized carbons (Fsp3) is 0.154. The van der Waals surface area contributed by atoms with E-state index in [2.05, 4.69) is 0 Å². The van der Waals surface area contributed by atoms with E-state index in [1.54, 1.807) is 23.6 Å². The number of methoxy groups -OCH3 is 2. The summed E-state index contributed by atoms with van der Waals surface area (Å²) in [6.45, 7) is 0. The topological polar surface area (TPSA) is 61.6 Å². The van der Waals surface area contributed by atoms with E-state index in [0.29, 0.717) is 27.0 Å². The molecule has 0 unspecified atom stereocenters. The largest absolute Gasteiger partial charge is 0.497 e. The van der Waals surface area contributed by atoms with Gasteiger partial charge in [0, 0.05) is 6.07 Å². The summed E-state index contributed by atoms with van der Waals surface area (Å²) < 4.78 is 10.3. The van der Waals surface area contributed by atoms with Gasteiger partial charge in [-0.05, 0) is 17.5 Å². The number of benzene rings is 1. The van der Waals surface area contributed by atoms with Gasteiger partial charge in [0.15, 0.2) is 0 Å². The Balaban J connectivity index is 2.55. The molecule has 0 radical (unpaired) electrons. The van der Waals surface area contributed by atoms with Crippen LogP contribution < -0.4 is 15.2 Å². The first kappa shape index (κ1) is 13.7. The number of hydrogen-bond donors (Lipinski definition) is 1. The monoisotopic (exact) mass is 297 g/mol. The van der Waals surface area contributed by atoms with Crippen molar-refractivity contribution in [2.75, 3.05) is 20.0 Å². The molecule has 0 bridgehead atoms. The van der Waals surface area contributed by atoms with Gasteiger partial charge in [-0.25, -0.2) is 0 Å². The van der Waals surface area contributed by atoms with E-state index < -0.39 is 0 Å². The Bertz CT molecular complexity index is 624. The third-order valence-electron chi connectivity index (χ3n) is 2.64. The Morgan fingerprint density at radius 3 is 2.58 bits per heavy atom. The van der Waals surface area contributed by atoms with Crippen LogP contribution in [-0.2, 0) is 0 Å². The number of halogens is 1. The van der Waals surface area contributed by atoms with Crippen LogP contribution in [0.4, 0.5) is 5.69 Å². The third-order valence-corrected chi connectivity index (χ3v) is 3.98. The van der Waals surface area contributed by atoms with Gasteiger partial charge in [-0.2, -0.15) is 0 Å². The fourth-order valence-corrected chi connectivity index (χ4v) is 2.75. The summed E-state index contributed by atoms with van der Waals surface area (Å²) in [7, 11) is 2.99. The van der Waals surface area contributed by atoms with Gasteiger partial charge in [-0.15, -0.1) is 11.3 Å². The lowest BCUT2D eigenvalue weighted by Crippen LogP contribution is -2.06. The van der Waals surface area contributed by atoms with E-state index in [-0.39, 0.29) is 11.5 Å². The summed E-state index contributed by atoms with van der Waals surface area (Å²) in [6, 6.07) is 4.88. The minimum atomic E-state index is -0.241. The van der Waals surface area contributed by atoms with Crippen LogP contribution in [0.1, 0.15) is 15.2 Å². The average Bonchev–Trinajstić information content (AvgIpc) is 2.84. The third kappa shape index (κ3) is 2.52. The van der Waals surface area contributed by atoms with Crippen LogP contribution in [0, 0.1) is 0 Å². The second-order valence-electron chi connectivity index (χ2n) is 3.72. The average molecular weight is 298 g/mol. The highest BCUT2D eigenvalue weighted by Gasteiger charge is 2.20. The molecule has 2 aromatic rings. The number of anilines is 1. The zero-order valence-electron chi connectivity index (χ0n) is 10.4. The van der Waals surface area contributed by atoms with Gasteiger partial charge in [-0.3, -0.25) is 4.79 Å². The number of ether oxygens (including phenoxy) is 2. The van der Waals surface area contributed by atoms with E-state index in [0.717, 1.165) is 0 Å². The van der Waals surface area contributed by atoms with Crippen LogP contribution in [0.25, 0.3) is 0 Å². The van der Waals surface area contributed by atoms with Crippen molar-refractivity contribution in [3.8, 4) is 11.5 Å². The van der Waals surface area contributed by atoms with Gasteiger partial charge in [0.2, 0.25) is 5.78 Å². The molecule has 1 aromatic heterocycles.